The molecule has 0 bridgehead atoms. The van der Waals surface area contributed by atoms with Crippen molar-refractivity contribution in [3.63, 3.8) is 0 Å². The minimum Gasteiger partial charge on any atom is -0.383 e. The molecule has 0 atom stereocenters. The van der Waals surface area contributed by atoms with Crippen LogP contribution < -0.4 is 5.73 Å². The van der Waals surface area contributed by atoms with Crippen LogP contribution >= 0.6 is 0 Å². The van der Waals surface area contributed by atoms with Gasteiger partial charge in [0.1, 0.15) is 5.82 Å². The van der Waals surface area contributed by atoms with Crippen molar-refractivity contribution in [3.8, 4) is 11.4 Å². The van der Waals surface area contributed by atoms with Crippen LogP contribution in [0.25, 0.3) is 11.4 Å². The zero-order valence-electron chi connectivity index (χ0n) is 11.3. The van der Waals surface area contributed by atoms with Crippen molar-refractivity contribution in [2.24, 2.45) is 0 Å². The number of hydrogen-bond acceptors (Lipinski definition) is 4. The highest BCUT2D eigenvalue weighted by atomic mass is 15.0. The van der Waals surface area contributed by atoms with Crippen LogP contribution in [0.3, 0.4) is 0 Å². The molecule has 0 radical (unpaired) electrons. The van der Waals surface area contributed by atoms with Crippen molar-refractivity contribution in [3.05, 3.63) is 34.8 Å². The van der Waals surface area contributed by atoms with Gasteiger partial charge in [0.2, 0.25) is 0 Å². The molecule has 0 amide bonds. The normalized spacial score (nSPS) is 10.7. The Morgan fingerprint density at radius 2 is 1.61 bits per heavy atom. The van der Waals surface area contributed by atoms with Gasteiger partial charge in [0.05, 0.1) is 0 Å². The summed E-state index contributed by atoms with van der Waals surface area (Å²) in [5.74, 6) is 1.25. The number of nitrogen functional groups attached to an aromatic ring is 1. The summed E-state index contributed by atoms with van der Waals surface area (Å²) < 4.78 is 0. The second kappa shape index (κ2) is 4.72. The molecule has 0 spiro atoms. The minimum absolute atomic E-state index is 0.576. The number of rotatable bonds is 2. The quantitative estimate of drug-likeness (QED) is 0.879. The summed E-state index contributed by atoms with van der Waals surface area (Å²) in [4.78, 5) is 13.3. The van der Waals surface area contributed by atoms with E-state index in [1.807, 2.05) is 32.9 Å². The van der Waals surface area contributed by atoms with Gasteiger partial charge in [0, 0.05) is 28.2 Å². The van der Waals surface area contributed by atoms with Crippen molar-refractivity contribution < 1.29 is 0 Å². The van der Waals surface area contributed by atoms with Gasteiger partial charge in [-0.2, -0.15) is 0 Å². The maximum absolute atomic E-state index is 5.98. The summed E-state index contributed by atoms with van der Waals surface area (Å²) in [6.45, 7) is 7.96. The van der Waals surface area contributed by atoms with Gasteiger partial charge < -0.3 is 5.73 Å². The maximum atomic E-state index is 5.98. The van der Waals surface area contributed by atoms with Crippen LogP contribution in [-0.2, 0) is 6.42 Å². The molecule has 2 rings (SSSR count). The number of hydrogen-bond donors (Lipinski definition) is 1. The molecule has 2 aromatic rings. The predicted molar refractivity (Wildman–Crippen MR) is 73.3 cm³/mol. The number of aryl methyl sites for hydroxylation is 3. The zero-order valence-corrected chi connectivity index (χ0v) is 11.3. The van der Waals surface area contributed by atoms with E-state index < -0.39 is 0 Å². The first-order chi connectivity index (χ1) is 8.51. The van der Waals surface area contributed by atoms with E-state index in [0.717, 1.165) is 34.6 Å². The number of nitrogens with two attached hydrogens (primary N) is 1. The predicted octanol–water partition coefficient (Wildman–Crippen LogP) is 2.61. The number of aromatic nitrogens is 3. The van der Waals surface area contributed by atoms with Crippen LogP contribution in [0.4, 0.5) is 5.82 Å². The van der Waals surface area contributed by atoms with Crippen molar-refractivity contribution in [1.82, 2.24) is 15.0 Å². The summed E-state index contributed by atoms with van der Waals surface area (Å²) >= 11 is 0. The van der Waals surface area contributed by atoms with E-state index in [1.165, 1.54) is 0 Å². The van der Waals surface area contributed by atoms with E-state index in [0.29, 0.717) is 11.6 Å². The van der Waals surface area contributed by atoms with Gasteiger partial charge >= 0.3 is 0 Å². The molecule has 0 aromatic carbocycles. The molecule has 0 aliphatic rings. The topological polar surface area (TPSA) is 64.7 Å². The van der Waals surface area contributed by atoms with E-state index in [1.54, 1.807) is 0 Å². The highest BCUT2D eigenvalue weighted by Crippen LogP contribution is 2.21. The summed E-state index contributed by atoms with van der Waals surface area (Å²) in [6, 6.07) is 3.96. The third-order valence-electron chi connectivity index (χ3n) is 2.94. The molecule has 2 aromatic heterocycles. The van der Waals surface area contributed by atoms with Crippen molar-refractivity contribution in [2.45, 2.75) is 34.1 Å². The Labute approximate surface area is 107 Å². The smallest absolute Gasteiger partial charge is 0.161 e. The Kier molecular flexibility index (Phi) is 3.28. The first-order valence-electron chi connectivity index (χ1n) is 6.10. The van der Waals surface area contributed by atoms with Gasteiger partial charge in [-0.1, -0.05) is 6.92 Å². The Morgan fingerprint density at radius 3 is 2.11 bits per heavy atom. The molecule has 18 heavy (non-hydrogen) atoms. The second-order valence-corrected chi connectivity index (χ2v) is 4.49. The molecule has 2 heterocycles. The summed E-state index contributed by atoms with van der Waals surface area (Å²) in [7, 11) is 0. The molecule has 94 valence electrons. The molecular formula is C14H18N4. The number of anilines is 1. The molecule has 2 N–H and O–H groups in total. The van der Waals surface area contributed by atoms with Gasteiger partial charge in [0.15, 0.2) is 5.82 Å². The lowest BCUT2D eigenvalue weighted by Gasteiger charge is -2.09. The monoisotopic (exact) mass is 242 g/mol. The Balaban J connectivity index is 2.58. The van der Waals surface area contributed by atoms with Crippen LogP contribution in [0, 0.1) is 20.8 Å². The van der Waals surface area contributed by atoms with Gasteiger partial charge in [-0.05, 0) is 39.3 Å². The van der Waals surface area contributed by atoms with Gasteiger partial charge in [-0.3, -0.25) is 4.98 Å². The van der Waals surface area contributed by atoms with Gasteiger partial charge in [0.25, 0.3) is 0 Å². The molecule has 0 fully saturated rings. The van der Waals surface area contributed by atoms with Gasteiger partial charge in [-0.15, -0.1) is 0 Å². The second-order valence-electron chi connectivity index (χ2n) is 4.49. The molecular weight excluding hydrogens is 224 g/mol. The standard InChI is InChI=1S/C14H18N4/c1-5-12-10(4)17-14(18-13(12)15)11-6-8(2)16-9(3)7-11/h6-7H,5H2,1-4H3,(H2,15,17,18). The first kappa shape index (κ1) is 12.5. The summed E-state index contributed by atoms with van der Waals surface area (Å²) in [5, 5.41) is 0. The van der Waals surface area contributed by atoms with E-state index in [4.69, 9.17) is 5.73 Å². The lowest BCUT2D eigenvalue weighted by atomic mass is 10.1. The van der Waals surface area contributed by atoms with Crippen LogP contribution in [0.5, 0.6) is 0 Å². The van der Waals surface area contributed by atoms with E-state index in [2.05, 4.69) is 21.9 Å². The van der Waals surface area contributed by atoms with Crippen LogP contribution in [0.2, 0.25) is 0 Å². The van der Waals surface area contributed by atoms with E-state index >= 15 is 0 Å². The molecule has 0 unspecified atom stereocenters. The molecule has 0 saturated carbocycles. The van der Waals surface area contributed by atoms with Crippen molar-refractivity contribution >= 4 is 5.82 Å². The third kappa shape index (κ3) is 2.32. The lowest BCUT2D eigenvalue weighted by molar-refractivity contribution is 1.01. The molecule has 4 heteroatoms. The lowest BCUT2D eigenvalue weighted by Crippen LogP contribution is -2.04. The average Bonchev–Trinajstić information content (AvgIpc) is 2.27. The fraction of sp³-hybridized carbons (Fsp3) is 0.357. The first-order valence-corrected chi connectivity index (χ1v) is 6.10. The SMILES string of the molecule is CCc1c(C)nc(-c2cc(C)nc(C)c2)nc1N. The Morgan fingerprint density at radius 1 is 1.00 bits per heavy atom. The summed E-state index contributed by atoms with van der Waals surface area (Å²) in [6.07, 6.45) is 0.854. The van der Waals surface area contributed by atoms with Crippen LogP contribution in [0.1, 0.15) is 29.6 Å². The highest BCUT2D eigenvalue weighted by molar-refractivity contribution is 5.59. The minimum atomic E-state index is 0.576. The molecule has 0 aliphatic heterocycles. The van der Waals surface area contributed by atoms with E-state index in [9.17, 15) is 0 Å². The average molecular weight is 242 g/mol. The zero-order chi connectivity index (χ0) is 13.3. The molecule has 0 saturated heterocycles. The maximum Gasteiger partial charge on any atom is 0.161 e. The molecule has 4 nitrogen and oxygen atoms in total. The fourth-order valence-electron chi connectivity index (χ4n) is 2.15. The largest absolute Gasteiger partial charge is 0.383 e. The Bertz CT molecular complexity index is 547. The third-order valence-corrected chi connectivity index (χ3v) is 2.94. The molecule has 0 aliphatic carbocycles. The fourth-order valence-corrected chi connectivity index (χ4v) is 2.15. The number of pyridine rings is 1. The van der Waals surface area contributed by atoms with Crippen LogP contribution in [-0.4, -0.2) is 15.0 Å². The highest BCUT2D eigenvalue weighted by Gasteiger charge is 2.10. The van der Waals surface area contributed by atoms with Gasteiger partial charge in [-0.25, -0.2) is 9.97 Å². The van der Waals surface area contributed by atoms with E-state index in [-0.39, 0.29) is 0 Å². The summed E-state index contributed by atoms with van der Waals surface area (Å²) in [5.41, 5.74) is 10.9. The van der Waals surface area contributed by atoms with Crippen molar-refractivity contribution in [1.29, 1.82) is 0 Å². The Hall–Kier alpha value is -1.97. The van der Waals surface area contributed by atoms with Crippen molar-refractivity contribution in [2.75, 3.05) is 5.73 Å². The van der Waals surface area contributed by atoms with Crippen LogP contribution in [0.15, 0.2) is 12.1 Å². The number of nitrogens with zero attached hydrogens (tertiary/aromatic N) is 3.